The first-order valence-corrected chi connectivity index (χ1v) is 9.83. The molecule has 0 aliphatic rings. The third kappa shape index (κ3) is 10.6. The number of anilines is 3. The maximum Gasteiger partial charge on any atom is 0.490 e. The second-order valence-electron chi connectivity index (χ2n) is 7.07. The van der Waals surface area contributed by atoms with E-state index in [1.807, 2.05) is 13.8 Å². The number of carboxylic acids is 2. The highest BCUT2D eigenvalue weighted by Gasteiger charge is 2.38. The maximum atomic E-state index is 12.4. The van der Waals surface area contributed by atoms with E-state index in [1.54, 1.807) is 13.8 Å². The number of nitrogens with two attached hydrogens (primary N) is 1. The van der Waals surface area contributed by atoms with Crippen LogP contribution in [0.5, 0.6) is 5.75 Å². The van der Waals surface area contributed by atoms with Crippen molar-refractivity contribution in [2.24, 2.45) is 11.8 Å². The fourth-order valence-electron chi connectivity index (χ4n) is 2.23. The number of carbonyl (C=O) groups excluding carboxylic acids is 2. The molecule has 0 saturated carbocycles. The van der Waals surface area contributed by atoms with Gasteiger partial charge in [0.1, 0.15) is 5.75 Å². The molecule has 0 aliphatic heterocycles. The Labute approximate surface area is 188 Å². The van der Waals surface area contributed by atoms with Crippen molar-refractivity contribution in [1.29, 1.82) is 0 Å². The van der Waals surface area contributed by atoms with Gasteiger partial charge >= 0.3 is 18.1 Å². The molecule has 6 N–H and O–H groups in total. The van der Waals surface area contributed by atoms with Crippen molar-refractivity contribution in [3.8, 4) is 5.75 Å². The molecular formula is C20H28F3N3O7. The zero-order valence-electron chi connectivity index (χ0n) is 18.6. The summed E-state index contributed by atoms with van der Waals surface area (Å²) in [6, 6.07) is 2.87. The van der Waals surface area contributed by atoms with Crippen LogP contribution in [0.25, 0.3) is 0 Å². The lowest BCUT2D eigenvalue weighted by atomic mass is 10.0. The summed E-state index contributed by atoms with van der Waals surface area (Å²) in [7, 11) is 0. The first kappa shape index (κ1) is 29.5. The normalized spacial score (nSPS) is 10.8. The van der Waals surface area contributed by atoms with Gasteiger partial charge in [-0.3, -0.25) is 9.59 Å². The van der Waals surface area contributed by atoms with E-state index in [1.165, 1.54) is 12.1 Å². The Morgan fingerprint density at radius 2 is 1.48 bits per heavy atom. The molecule has 0 radical (unpaired) electrons. The smallest absolute Gasteiger partial charge is 0.480 e. The summed E-state index contributed by atoms with van der Waals surface area (Å²) in [5, 5.41) is 21.4. The number of rotatable bonds is 9. The summed E-state index contributed by atoms with van der Waals surface area (Å²) in [4.78, 5) is 44.0. The van der Waals surface area contributed by atoms with Crippen LogP contribution in [-0.4, -0.2) is 46.7 Å². The molecule has 0 saturated heterocycles. The number of alkyl halides is 3. The van der Waals surface area contributed by atoms with E-state index >= 15 is 0 Å². The molecule has 0 spiro atoms. The Balaban J connectivity index is 0.00000126. The van der Waals surface area contributed by atoms with Gasteiger partial charge in [0, 0.05) is 17.9 Å². The van der Waals surface area contributed by atoms with Crippen molar-refractivity contribution < 1.29 is 47.3 Å². The summed E-state index contributed by atoms with van der Waals surface area (Å²) in [6.45, 7) is 6.72. The molecular weight excluding hydrogens is 451 g/mol. The van der Waals surface area contributed by atoms with Crippen LogP contribution < -0.4 is 21.1 Å². The van der Waals surface area contributed by atoms with Gasteiger partial charge in [-0.2, -0.15) is 13.2 Å². The van der Waals surface area contributed by atoms with Gasteiger partial charge in [-0.15, -0.1) is 0 Å². The summed E-state index contributed by atoms with van der Waals surface area (Å²) in [6.07, 6.45) is -3.75. The number of hydrogen-bond donors (Lipinski definition) is 5. The molecule has 1 aromatic rings. The quantitative estimate of drug-likeness (QED) is 0.336. The molecule has 1 rings (SSSR count). The van der Waals surface area contributed by atoms with Crippen molar-refractivity contribution >= 4 is 40.8 Å². The number of hydrogen-bond acceptors (Lipinski definition) is 6. The maximum absolute atomic E-state index is 12.4. The van der Waals surface area contributed by atoms with Crippen LogP contribution >= 0.6 is 0 Å². The molecule has 0 fully saturated rings. The molecule has 0 unspecified atom stereocenters. The van der Waals surface area contributed by atoms with Crippen LogP contribution in [0.15, 0.2) is 12.1 Å². The first-order valence-electron chi connectivity index (χ1n) is 9.83. The molecule has 0 aliphatic carbocycles. The number of nitrogens with one attached hydrogen (secondary N) is 2. The van der Waals surface area contributed by atoms with Gasteiger partial charge in [-0.05, 0) is 18.9 Å². The molecule has 0 bridgehead atoms. The molecule has 186 valence electrons. The summed E-state index contributed by atoms with van der Waals surface area (Å²) < 4.78 is 37.0. The van der Waals surface area contributed by atoms with E-state index in [4.69, 9.17) is 25.5 Å². The van der Waals surface area contributed by atoms with Crippen molar-refractivity contribution in [2.75, 3.05) is 23.0 Å². The van der Waals surface area contributed by atoms with Crippen molar-refractivity contribution in [2.45, 2.75) is 46.7 Å². The van der Waals surface area contributed by atoms with Gasteiger partial charge in [0.15, 0.2) is 6.61 Å². The predicted octanol–water partition coefficient (Wildman–Crippen LogP) is 3.33. The van der Waals surface area contributed by atoms with Crippen LogP contribution in [-0.2, 0) is 19.2 Å². The average molecular weight is 479 g/mol. The Hall–Kier alpha value is -3.51. The van der Waals surface area contributed by atoms with Crippen molar-refractivity contribution in [1.82, 2.24) is 0 Å². The topological polar surface area (TPSA) is 168 Å². The van der Waals surface area contributed by atoms with Gasteiger partial charge in [-0.1, -0.05) is 27.7 Å². The second kappa shape index (κ2) is 13.1. The largest absolute Gasteiger partial charge is 0.490 e. The molecule has 0 atom stereocenters. The van der Waals surface area contributed by atoms with Gasteiger partial charge in [0.2, 0.25) is 11.8 Å². The monoisotopic (exact) mass is 479 g/mol. The number of nitrogen functional groups attached to an aromatic ring is 1. The Bertz CT molecular complexity index is 854. The molecule has 33 heavy (non-hydrogen) atoms. The highest BCUT2D eigenvalue weighted by atomic mass is 19.4. The Morgan fingerprint density at radius 3 is 1.88 bits per heavy atom. The van der Waals surface area contributed by atoms with Gasteiger partial charge in [0.05, 0.1) is 17.1 Å². The number of aliphatic carboxylic acids is 2. The highest BCUT2D eigenvalue weighted by molar-refractivity contribution is 5.99. The third-order valence-electron chi connectivity index (χ3n) is 4.14. The van der Waals surface area contributed by atoms with E-state index < -0.39 is 24.7 Å². The van der Waals surface area contributed by atoms with Crippen molar-refractivity contribution in [3.05, 3.63) is 12.1 Å². The molecule has 0 heterocycles. The van der Waals surface area contributed by atoms with E-state index in [-0.39, 0.29) is 40.8 Å². The Kier molecular flexibility index (Phi) is 11.7. The predicted molar refractivity (Wildman–Crippen MR) is 114 cm³/mol. The lowest BCUT2D eigenvalue weighted by molar-refractivity contribution is -0.192. The number of benzene rings is 1. The molecule has 1 aromatic carbocycles. The third-order valence-corrected chi connectivity index (χ3v) is 4.14. The zero-order chi connectivity index (χ0) is 25.9. The number of carbonyl (C=O) groups is 4. The van der Waals surface area contributed by atoms with E-state index in [2.05, 4.69) is 10.6 Å². The van der Waals surface area contributed by atoms with E-state index in [0.717, 1.165) is 0 Å². The average Bonchev–Trinajstić information content (AvgIpc) is 2.69. The molecule has 13 heteroatoms. The number of carboxylic acid groups (broad SMARTS) is 2. The fourth-order valence-corrected chi connectivity index (χ4v) is 2.23. The minimum atomic E-state index is -5.08. The lowest BCUT2D eigenvalue weighted by Gasteiger charge is -2.18. The minimum absolute atomic E-state index is 0.131. The minimum Gasteiger partial charge on any atom is -0.480 e. The second-order valence-corrected chi connectivity index (χ2v) is 7.07. The van der Waals surface area contributed by atoms with E-state index in [9.17, 15) is 27.6 Å². The van der Waals surface area contributed by atoms with Gasteiger partial charge in [-0.25, -0.2) is 9.59 Å². The summed E-state index contributed by atoms with van der Waals surface area (Å²) in [5.41, 5.74) is 6.73. The Morgan fingerprint density at radius 1 is 1.00 bits per heavy atom. The number of halogens is 3. The van der Waals surface area contributed by atoms with Crippen LogP contribution in [0, 0.1) is 11.8 Å². The molecule has 2 amide bonds. The standard InChI is InChI=1S/C18H27N3O5.C2HF3O2/c1-5-11(6-2)18(25)21-14-8-13(20-17(24)10(3)4)12(19)7-15(14)26-9-16(22)23;3-2(4,5)1(6)7/h7-8,10-11H,5-6,9,19H2,1-4H3,(H,20,24)(H,21,25)(H,22,23);(H,6,7). The number of amides is 2. The fraction of sp³-hybridized carbons (Fsp3) is 0.500. The van der Waals surface area contributed by atoms with Crippen LogP contribution in [0.4, 0.5) is 30.2 Å². The molecule has 0 aromatic heterocycles. The van der Waals surface area contributed by atoms with Crippen LogP contribution in [0.3, 0.4) is 0 Å². The van der Waals surface area contributed by atoms with Crippen LogP contribution in [0.1, 0.15) is 40.5 Å². The zero-order valence-corrected chi connectivity index (χ0v) is 18.6. The highest BCUT2D eigenvalue weighted by Crippen LogP contribution is 2.34. The number of ether oxygens (including phenoxy) is 1. The van der Waals surface area contributed by atoms with Crippen LogP contribution in [0.2, 0.25) is 0 Å². The lowest BCUT2D eigenvalue weighted by Crippen LogP contribution is -2.23. The molecule has 10 nitrogen and oxygen atoms in total. The first-order chi connectivity index (χ1) is 15.1. The van der Waals surface area contributed by atoms with Gasteiger partial charge in [0.25, 0.3) is 0 Å². The summed E-state index contributed by atoms with van der Waals surface area (Å²) >= 11 is 0. The summed E-state index contributed by atoms with van der Waals surface area (Å²) in [5.74, 6) is -4.65. The van der Waals surface area contributed by atoms with Crippen molar-refractivity contribution in [3.63, 3.8) is 0 Å². The van der Waals surface area contributed by atoms with E-state index in [0.29, 0.717) is 18.5 Å². The SMILES string of the molecule is CCC(CC)C(=O)Nc1cc(NC(=O)C(C)C)c(N)cc1OCC(=O)O.O=C(O)C(F)(F)F. The van der Waals surface area contributed by atoms with Gasteiger partial charge < -0.3 is 31.3 Å².